The molecular weight excluding hydrogens is 296 g/mol. The van der Waals surface area contributed by atoms with Gasteiger partial charge in [0.25, 0.3) is 0 Å². The van der Waals surface area contributed by atoms with Crippen LogP contribution in [0.3, 0.4) is 0 Å². The number of rotatable bonds is 7. The van der Waals surface area contributed by atoms with Crippen LogP contribution in [0.25, 0.3) is 10.9 Å². The van der Waals surface area contributed by atoms with Crippen LogP contribution in [-0.2, 0) is 6.54 Å². The second kappa shape index (κ2) is 7.93. The summed E-state index contributed by atoms with van der Waals surface area (Å²) in [6.07, 6.45) is 4.42. The first kappa shape index (κ1) is 16.5. The van der Waals surface area contributed by atoms with Crippen molar-refractivity contribution < 1.29 is 5.11 Å². The largest absolute Gasteiger partial charge is 0.388 e. The summed E-state index contributed by atoms with van der Waals surface area (Å²) in [4.78, 5) is 4.47. The van der Waals surface area contributed by atoms with Crippen molar-refractivity contribution in [2.45, 2.75) is 38.8 Å². The lowest BCUT2D eigenvalue weighted by molar-refractivity contribution is 0.164. The van der Waals surface area contributed by atoms with E-state index in [9.17, 15) is 5.11 Å². The first-order chi connectivity index (χ1) is 11.8. The SMILES string of the molecule is CCCCC(O)c1cccc(CNc2cccc3cccnc23)c1. The summed E-state index contributed by atoms with van der Waals surface area (Å²) in [5.41, 5.74) is 4.18. The molecule has 3 nitrogen and oxygen atoms in total. The van der Waals surface area contributed by atoms with Crippen molar-refractivity contribution >= 4 is 16.6 Å². The van der Waals surface area contributed by atoms with Gasteiger partial charge in [-0.05, 0) is 29.7 Å². The molecule has 1 unspecified atom stereocenters. The fourth-order valence-electron chi connectivity index (χ4n) is 2.92. The number of nitrogens with zero attached hydrogens (tertiary/aromatic N) is 1. The summed E-state index contributed by atoms with van der Waals surface area (Å²) in [6.45, 7) is 2.86. The Morgan fingerprint density at radius 1 is 1.08 bits per heavy atom. The molecule has 3 aromatic rings. The lowest BCUT2D eigenvalue weighted by Gasteiger charge is -2.13. The lowest BCUT2D eigenvalue weighted by atomic mass is 10.0. The van der Waals surface area contributed by atoms with Gasteiger partial charge in [-0.2, -0.15) is 0 Å². The maximum atomic E-state index is 10.3. The van der Waals surface area contributed by atoms with E-state index >= 15 is 0 Å². The predicted octanol–water partition coefficient (Wildman–Crippen LogP) is 5.07. The van der Waals surface area contributed by atoms with Gasteiger partial charge in [-0.3, -0.25) is 4.98 Å². The number of anilines is 1. The molecule has 2 N–H and O–H groups in total. The van der Waals surface area contributed by atoms with E-state index in [0.717, 1.165) is 47.0 Å². The second-order valence-corrected chi connectivity index (χ2v) is 6.14. The molecule has 0 bridgehead atoms. The van der Waals surface area contributed by atoms with E-state index < -0.39 is 0 Å². The van der Waals surface area contributed by atoms with Crippen molar-refractivity contribution in [3.63, 3.8) is 0 Å². The van der Waals surface area contributed by atoms with Gasteiger partial charge in [-0.1, -0.05) is 62.2 Å². The van der Waals surface area contributed by atoms with Crippen LogP contribution in [0.2, 0.25) is 0 Å². The zero-order valence-corrected chi connectivity index (χ0v) is 14.1. The van der Waals surface area contributed by atoms with Crippen molar-refractivity contribution in [1.82, 2.24) is 4.98 Å². The maximum Gasteiger partial charge on any atom is 0.0933 e. The molecule has 0 fully saturated rings. The maximum absolute atomic E-state index is 10.3. The van der Waals surface area contributed by atoms with E-state index in [1.165, 1.54) is 0 Å². The van der Waals surface area contributed by atoms with Crippen molar-refractivity contribution in [3.8, 4) is 0 Å². The minimum absolute atomic E-state index is 0.371. The number of unbranched alkanes of at least 4 members (excludes halogenated alkanes) is 1. The third-order valence-electron chi connectivity index (χ3n) is 4.28. The van der Waals surface area contributed by atoms with E-state index in [2.05, 4.69) is 47.6 Å². The van der Waals surface area contributed by atoms with Crippen LogP contribution in [0.4, 0.5) is 5.69 Å². The van der Waals surface area contributed by atoms with E-state index in [4.69, 9.17) is 0 Å². The first-order valence-electron chi connectivity index (χ1n) is 8.62. The highest BCUT2D eigenvalue weighted by atomic mass is 16.3. The summed E-state index contributed by atoms with van der Waals surface area (Å²) in [7, 11) is 0. The van der Waals surface area contributed by atoms with Crippen LogP contribution >= 0.6 is 0 Å². The molecule has 0 aliphatic rings. The molecule has 1 heterocycles. The minimum atomic E-state index is -0.371. The van der Waals surface area contributed by atoms with Gasteiger partial charge in [0.05, 0.1) is 17.3 Å². The molecule has 0 spiro atoms. The molecule has 1 aromatic heterocycles. The topological polar surface area (TPSA) is 45.1 Å². The van der Waals surface area contributed by atoms with Crippen molar-refractivity contribution in [2.75, 3.05) is 5.32 Å². The average molecular weight is 320 g/mol. The lowest BCUT2D eigenvalue weighted by Crippen LogP contribution is -2.03. The average Bonchev–Trinajstić information content (AvgIpc) is 2.64. The molecule has 2 aromatic carbocycles. The number of nitrogens with one attached hydrogen (secondary N) is 1. The number of aliphatic hydroxyl groups is 1. The van der Waals surface area contributed by atoms with E-state index in [0.29, 0.717) is 6.54 Å². The Kier molecular flexibility index (Phi) is 5.44. The van der Waals surface area contributed by atoms with Gasteiger partial charge in [0.2, 0.25) is 0 Å². The molecule has 0 aliphatic carbocycles. The third-order valence-corrected chi connectivity index (χ3v) is 4.28. The van der Waals surface area contributed by atoms with Crippen LogP contribution in [0.1, 0.15) is 43.4 Å². The highest BCUT2D eigenvalue weighted by Gasteiger charge is 2.08. The molecule has 124 valence electrons. The number of pyridine rings is 1. The van der Waals surface area contributed by atoms with E-state index in [1.54, 1.807) is 0 Å². The van der Waals surface area contributed by atoms with Gasteiger partial charge in [0.1, 0.15) is 0 Å². The number of aromatic nitrogens is 1. The zero-order valence-electron chi connectivity index (χ0n) is 14.1. The Labute approximate surface area is 143 Å². The van der Waals surface area contributed by atoms with Crippen LogP contribution in [0.5, 0.6) is 0 Å². The Morgan fingerprint density at radius 2 is 1.92 bits per heavy atom. The van der Waals surface area contributed by atoms with Gasteiger partial charge in [0, 0.05) is 18.1 Å². The molecule has 0 aliphatic heterocycles. The van der Waals surface area contributed by atoms with Gasteiger partial charge < -0.3 is 10.4 Å². The van der Waals surface area contributed by atoms with Crippen molar-refractivity contribution in [3.05, 3.63) is 71.9 Å². The molecule has 3 heteroatoms. The van der Waals surface area contributed by atoms with Gasteiger partial charge in [0.15, 0.2) is 0 Å². The normalized spacial score (nSPS) is 12.2. The number of hydrogen-bond acceptors (Lipinski definition) is 3. The molecule has 3 rings (SSSR count). The van der Waals surface area contributed by atoms with E-state index in [1.807, 2.05) is 30.5 Å². The van der Waals surface area contributed by atoms with Crippen LogP contribution in [0, 0.1) is 0 Å². The number of fused-ring (bicyclic) bond motifs is 1. The summed E-state index contributed by atoms with van der Waals surface area (Å²) in [5, 5.41) is 14.9. The monoisotopic (exact) mass is 320 g/mol. The summed E-state index contributed by atoms with van der Waals surface area (Å²) >= 11 is 0. The van der Waals surface area contributed by atoms with Gasteiger partial charge in [-0.15, -0.1) is 0 Å². The molecule has 0 radical (unpaired) electrons. The summed E-state index contributed by atoms with van der Waals surface area (Å²) in [5.74, 6) is 0. The Bertz CT molecular complexity index is 795. The highest BCUT2D eigenvalue weighted by molar-refractivity contribution is 5.90. The minimum Gasteiger partial charge on any atom is -0.388 e. The predicted molar refractivity (Wildman–Crippen MR) is 100.0 cm³/mol. The third kappa shape index (κ3) is 3.92. The van der Waals surface area contributed by atoms with Crippen LogP contribution < -0.4 is 5.32 Å². The Hall–Kier alpha value is -2.39. The molecule has 1 atom stereocenters. The fourth-order valence-corrected chi connectivity index (χ4v) is 2.92. The van der Waals surface area contributed by atoms with Crippen LogP contribution in [0.15, 0.2) is 60.8 Å². The smallest absolute Gasteiger partial charge is 0.0933 e. The quantitative estimate of drug-likeness (QED) is 0.639. The van der Waals surface area contributed by atoms with Crippen molar-refractivity contribution in [1.29, 1.82) is 0 Å². The number of aliphatic hydroxyl groups excluding tert-OH is 1. The van der Waals surface area contributed by atoms with Gasteiger partial charge in [-0.25, -0.2) is 0 Å². The van der Waals surface area contributed by atoms with Crippen molar-refractivity contribution in [2.24, 2.45) is 0 Å². The number of hydrogen-bond donors (Lipinski definition) is 2. The molecule has 24 heavy (non-hydrogen) atoms. The molecule has 0 amide bonds. The zero-order chi connectivity index (χ0) is 16.8. The van der Waals surface area contributed by atoms with E-state index in [-0.39, 0.29) is 6.10 Å². The number of para-hydroxylation sites is 1. The second-order valence-electron chi connectivity index (χ2n) is 6.14. The first-order valence-corrected chi connectivity index (χ1v) is 8.62. The summed E-state index contributed by atoms with van der Waals surface area (Å²) in [6, 6.07) is 18.4. The number of benzene rings is 2. The Morgan fingerprint density at radius 3 is 2.79 bits per heavy atom. The fraction of sp³-hybridized carbons (Fsp3) is 0.286. The molecule has 0 saturated carbocycles. The summed E-state index contributed by atoms with van der Waals surface area (Å²) < 4.78 is 0. The van der Waals surface area contributed by atoms with Crippen LogP contribution in [-0.4, -0.2) is 10.1 Å². The standard InChI is InChI=1S/C21H24N2O/c1-2-3-12-20(24)18-9-4-7-16(14-18)15-23-19-11-5-8-17-10-6-13-22-21(17)19/h4-11,13-14,20,23-24H,2-3,12,15H2,1H3. The van der Waals surface area contributed by atoms with Gasteiger partial charge >= 0.3 is 0 Å². The molecular formula is C21H24N2O. The highest BCUT2D eigenvalue weighted by Crippen LogP contribution is 2.23. The Balaban J connectivity index is 1.72. The molecule has 0 saturated heterocycles.